The van der Waals surface area contributed by atoms with Crippen LogP contribution >= 0.6 is 0 Å². The quantitative estimate of drug-likeness (QED) is 0.566. The predicted molar refractivity (Wildman–Crippen MR) is 123 cm³/mol. The van der Waals surface area contributed by atoms with E-state index in [0.29, 0.717) is 18.4 Å². The maximum atomic E-state index is 13.0. The summed E-state index contributed by atoms with van der Waals surface area (Å²) in [5, 5.41) is 6.50. The van der Waals surface area contributed by atoms with E-state index in [1.165, 1.54) is 14.1 Å². The first-order chi connectivity index (χ1) is 15.5. The standard InChI is InChI=1S/C25H24N4O3/c1-28-23(30)22(24(31)29(2)25(28)32)21-17(15-26-19-9-5-3-6-10-19)13-14-18(21)16-27-20-11-7-4-8-12-20/h3-12,15-16,26-27H,13-14H2,1-2H3. The van der Waals surface area contributed by atoms with Gasteiger partial charge >= 0.3 is 6.03 Å². The van der Waals surface area contributed by atoms with Crippen molar-refractivity contribution in [1.29, 1.82) is 0 Å². The van der Waals surface area contributed by atoms with Gasteiger partial charge in [-0.15, -0.1) is 0 Å². The van der Waals surface area contributed by atoms with Gasteiger partial charge in [-0.2, -0.15) is 0 Å². The third kappa shape index (κ3) is 4.05. The average Bonchev–Trinajstić information content (AvgIpc) is 3.22. The van der Waals surface area contributed by atoms with E-state index in [2.05, 4.69) is 10.6 Å². The maximum absolute atomic E-state index is 13.0. The lowest BCUT2D eigenvalue weighted by molar-refractivity contribution is -0.134. The largest absolute Gasteiger partial charge is 0.361 e. The molecule has 7 nitrogen and oxygen atoms in total. The van der Waals surface area contributed by atoms with Gasteiger partial charge in [-0.1, -0.05) is 36.4 Å². The van der Waals surface area contributed by atoms with Crippen molar-refractivity contribution in [2.24, 2.45) is 0 Å². The van der Waals surface area contributed by atoms with E-state index in [9.17, 15) is 14.4 Å². The van der Waals surface area contributed by atoms with E-state index in [1.807, 2.05) is 73.1 Å². The van der Waals surface area contributed by atoms with Crippen molar-refractivity contribution in [3.8, 4) is 0 Å². The molecule has 162 valence electrons. The maximum Gasteiger partial charge on any atom is 0.333 e. The number of allylic oxidation sites excluding steroid dienone is 3. The van der Waals surface area contributed by atoms with E-state index in [1.54, 1.807) is 0 Å². The highest BCUT2D eigenvalue weighted by Crippen LogP contribution is 2.39. The third-order valence-corrected chi connectivity index (χ3v) is 5.54. The Morgan fingerprint density at radius 2 is 1.06 bits per heavy atom. The lowest BCUT2D eigenvalue weighted by Crippen LogP contribution is -2.53. The number of imide groups is 2. The Morgan fingerprint density at radius 3 is 1.47 bits per heavy atom. The van der Waals surface area contributed by atoms with Crippen molar-refractivity contribution >= 4 is 29.2 Å². The molecule has 2 aromatic carbocycles. The number of anilines is 2. The van der Waals surface area contributed by atoms with E-state index in [0.717, 1.165) is 32.3 Å². The molecular formula is C25H24N4O3. The van der Waals surface area contributed by atoms with Gasteiger partial charge in [0.1, 0.15) is 5.57 Å². The van der Waals surface area contributed by atoms with Gasteiger partial charge in [0.2, 0.25) is 0 Å². The van der Waals surface area contributed by atoms with Gasteiger partial charge < -0.3 is 10.6 Å². The van der Waals surface area contributed by atoms with Crippen LogP contribution in [0.15, 0.2) is 95.4 Å². The minimum atomic E-state index is -0.636. The number of benzene rings is 2. The zero-order valence-corrected chi connectivity index (χ0v) is 18.0. The summed E-state index contributed by atoms with van der Waals surface area (Å²) in [6.45, 7) is 0. The second-order valence-electron chi connectivity index (χ2n) is 7.62. The van der Waals surface area contributed by atoms with Crippen molar-refractivity contribution in [2.75, 3.05) is 24.7 Å². The predicted octanol–water partition coefficient (Wildman–Crippen LogP) is 4.12. The van der Waals surface area contributed by atoms with Crippen LogP contribution in [0.4, 0.5) is 16.2 Å². The number of rotatable bonds is 4. The van der Waals surface area contributed by atoms with E-state index < -0.39 is 17.8 Å². The molecule has 0 unspecified atom stereocenters. The summed E-state index contributed by atoms with van der Waals surface area (Å²) in [6.07, 6.45) is 4.97. The number of likely N-dealkylation sites (N-methyl/N-ethyl adjacent to an activating group) is 2. The number of para-hydroxylation sites is 2. The van der Waals surface area contributed by atoms with Crippen molar-refractivity contribution < 1.29 is 14.4 Å². The molecule has 4 rings (SSSR count). The molecular weight excluding hydrogens is 404 g/mol. The van der Waals surface area contributed by atoms with Gasteiger partial charge in [-0.05, 0) is 48.3 Å². The Bertz CT molecular complexity index is 1060. The zero-order valence-electron chi connectivity index (χ0n) is 18.0. The molecule has 2 aromatic rings. The van der Waals surface area contributed by atoms with Crippen LogP contribution in [0.3, 0.4) is 0 Å². The first-order valence-corrected chi connectivity index (χ1v) is 10.3. The molecule has 0 aromatic heterocycles. The van der Waals surface area contributed by atoms with Crippen molar-refractivity contribution in [3.05, 3.63) is 95.4 Å². The van der Waals surface area contributed by atoms with Crippen LogP contribution in [0, 0.1) is 0 Å². The number of nitrogens with zero attached hydrogens (tertiary/aromatic N) is 2. The minimum Gasteiger partial charge on any atom is -0.361 e. The number of hydrogen-bond donors (Lipinski definition) is 2. The molecule has 2 fully saturated rings. The summed E-state index contributed by atoms with van der Waals surface area (Å²) < 4.78 is 0. The molecule has 32 heavy (non-hydrogen) atoms. The number of carbonyl (C=O) groups excluding carboxylic acids is 3. The van der Waals surface area contributed by atoms with Gasteiger partial charge in [-0.25, -0.2) is 4.79 Å². The van der Waals surface area contributed by atoms with E-state index in [4.69, 9.17) is 0 Å². The number of amides is 4. The fraction of sp³-hybridized carbons (Fsp3) is 0.160. The lowest BCUT2D eigenvalue weighted by atomic mass is 9.97. The number of barbiturate groups is 1. The van der Waals surface area contributed by atoms with Crippen molar-refractivity contribution in [2.45, 2.75) is 12.8 Å². The van der Waals surface area contributed by atoms with Crippen LogP contribution < -0.4 is 10.6 Å². The highest BCUT2D eigenvalue weighted by Gasteiger charge is 2.42. The molecule has 7 heteroatoms. The molecule has 0 spiro atoms. The molecule has 1 saturated carbocycles. The smallest absolute Gasteiger partial charge is 0.333 e. The molecule has 2 N–H and O–H groups in total. The molecule has 1 heterocycles. The Kier molecular flexibility index (Phi) is 5.89. The van der Waals surface area contributed by atoms with Gasteiger partial charge in [0.05, 0.1) is 0 Å². The molecule has 1 aliphatic heterocycles. The van der Waals surface area contributed by atoms with Gasteiger partial charge in [0.25, 0.3) is 11.8 Å². The van der Waals surface area contributed by atoms with Gasteiger partial charge in [0.15, 0.2) is 0 Å². The summed E-state index contributed by atoms with van der Waals surface area (Å²) in [5.41, 5.74) is 4.04. The summed E-state index contributed by atoms with van der Waals surface area (Å²) in [6, 6.07) is 18.7. The summed E-state index contributed by atoms with van der Waals surface area (Å²) in [7, 11) is 2.78. The first-order valence-electron chi connectivity index (χ1n) is 10.3. The van der Waals surface area contributed by atoms with Crippen LogP contribution in [0.5, 0.6) is 0 Å². The summed E-state index contributed by atoms with van der Waals surface area (Å²) in [5.74, 6) is -1.18. The number of hydrogen-bond acceptors (Lipinski definition) is 5. The number of urea groups is 1. The third-order valence-electron chi connectivity index (χ3n) is 5.54. The van der Waals surface area contributed by atoms with Crippen LogP contribution in [0.25, 0.3) is 0 Å². The SMILES string of the molecule is CN1C(=O)C(=C2C(=CNc3ccccc3)CCC2=CNc2ccccc2)C(=O)N(C)C1=O. The summed E-state index contributed by atoms with van der Waals surface area (Å²) >= 11 is 0. The average molecular weight is 428 g/mol. The molecule has 4 amide bonds. The van der Waals surface area contributed by atoms with Crippen LogP contribution in [-0.4, -0.2) is 41.7 Å². The Labute approximate surface area is 186 Å². The molecule has 1 saturated heterocycles. The van der Waals surface area contributed by atoms with Gasteiger partial charge in [0, 0.05) is 43.4 Å². The topological polar surface area (TPSA) is 81.8 Å². The number of nitrogens with one attached hydrogen (secondary N) is 2. The fourth-order valence-corrected chi connectivity index (χ4v) is 3.78. The van der Waals surface area contributed by atoms with Crippen molar-refractivity contribution in [3.63, 3.8) is 0 Å². The summed E-state index contributed by atoms with van der Waals surface area (Å²) in [4.78, 5) is 40.2. The zero-order chi connectivity index (χ0) is 22.7. The molecule has 1 aliphatic carbocycles. The highest BCUT2D eigenvalue weighted by atomic mass is 16.2. The van der Waals surface area contributed by atoms with Gasteiger partial charge in [-0.3, -0.25) is 19.4 Å². The van der Waals surface area contributed by atoms with E-state index in [-0.39, 0.29) is 5.57 Å². The lowest BCUT2D eigenvalue weighted by Gasteiger charge is -2.30. The van der Waals surface area contributed by atoms with Crippen molar-refractivity contribution in [1.82, 2.24) is 9.80 Å². The number of carbonyl (C=O) groups is 3. The Morgan fingerprint density at radius 1 is 0.656 bits per heavy atom. The second kappa shape index (κ2) is 8.93. The molecule has 0 bridgehead atoms. The first kappa shape index (κ1) is 21.1. The fourth-order valence-electron chi connectivity index (χ4n) is 3.78. The van der Waals surface area contributed by atoms with E-state index >= 15 is 0 Å². The van der Waals surface area contributed by atoms with Crippen LogP contribution in [-0.2, 0) is 9.59 Å². The van der Waals surface area contributed by atoms with Crippen LogP contribution in [0.1, 0.15) is 12.8 Å². The minimum absolute atomic E-state index is 0.00863. The molecule has 0 radical (unpaired) electrons. The Balaban J connectivity index is 1.78. The molecule has 2 aliphatic rings. The second-order valence-corrected chi connectivity index (χ2v) is 7.62. The monoisotopic (exact) mass is 428 g/mol. The highest BCUT2D eigenvalue weighted by molar-refractivity contribution is 6.29. The Hall–Kier alpha value is -4.13. The molecule has 0 atom stereocenters. The normalized spacial score (nSPS) is 19.4. The van der Waals surface area contributed by atoms with Crippen LogP contribution in [0.2, 0.25) is 0 Å².